The van der Waals surface area contributed by atoms with Gasteiger partial charge in [0.2, 0.25) is 0 Å². The van der Waals surface area contributed by atoms with Gasteiger partial charge >= 0.3 is 0 Å². The molecule has 101 heavy (non-hydrogen) atoms. The standard InChI is InChI=1S/C101H116/c1-9-13-17-21-25-33-61-100(62-34-26-22-18-14-10-2)90-39-31-29-37-82(90)88-59-53-80(70-96(88)100)78-51-57-86-84-55-49-76(66-92(84)98(5,6)94(86)68-78)74-45-41-72(42-46-74)65-73-43-47-75(48-44-73)77-50-56-85-87-58-52-79(69-95(87)99(7,8)93(85)67-77)81-54-60-89-83-38-30-32-40-91(83)101(97(89)71-81,63-35-27-23-19-15-11-3)64-36-28-24-20-16-12-4/h29-32,37-60,66-71H,9-28,33-36,61-65H2,1-8H3. The normalized spacial score (nSPS) is 14.8. The maximum Gasteiger partial charge on any atom is 0.0215 e. The van der Waals surface area contributed by atoms with E-state index in [9.17, 15) is 0 Å². The van der Waals surface area contributed by atoms with Crippen molar-refractivity contribution in [2.45, 2.75) is 263 Å². The van der Waals surface area contributed by atoms with E-state index in [1.54, 1.807) is 22.3 Å². The average molecular weight is 1330 g/mol. The fourth-order valence-corrected chi connectivity index (χ4v) is 19.5. The van der Waals surface area contributed by atoms with Gasteiger partial charge in [-0.25, -0.2) is 0 Å². The van der Waals surface area contributed by atoms with Gasteiger partial charge in [0.05, 0.1) is 0 Å². The van der Waals surface area contributed by atoms with E-state index < -0.39 is 0 Å². The van der Waals surface area contributed by atoms with Crippen LogP contribution in [-0.4, -0.2) is 0 Å². The molecule has 520 valence electrons. The Hall–Kier alpha value is -7.80. The summed E-state index contributed by atoms with van der Waals surface area (Å²) in [6, 6.07) is 82.2. The lowest BCUT2D eigenvalue weighted by molar-refractivity contribution is 0.398. The Labute approximate surface area is 610 Å². The summed E-state index contributed by atoms with van der Waals surface area (Å²) < 4.78 is 0. The van der Waals surface area contributed by atoms with Crippen molar-refractivity contribution in [3.05, 3.63) is 262 Å². The van der Waals surface area contributed by atoms with Crippen LogP contribution in [0, 0.1) is 0 Å². The van der Waals surface area contributed by atoms with Crippen LogP contribution in [0.1, 0.15) is 291 Å². The van der Waals surface area contributed by atoms with E-state index in [-0.39, 0.29) is 21.7 Å². The Morgan fingerprint density at radius 1 is 0.198 bits per heavy atom. The molecule has 0 atom stereocenters. The summed E-state index contributed by atoms with van der Waals surface area (Å²) in [6.07, 6.45) is 37.9. The van der Waals surface area contributed by atoms with E-state index in [4.69, 9.17) is 0 Å². The van der Waals surface area contributed by atoms with Crippen LogP contribution in [0.4, 0.5) is 0 Å². The third-order valence-corrected chi connectivity index (χ3v) is 25.4. The van der Waals surface area contributed by atoms with E-state index >= 15 is 0 Å². The molecule has 0 bridgehead atoms. The summed E-state index contributed by atoms with van der Waals surface area (Å²) in [7, 11) is 0. The first kappa shape index (κ1) is 70.2. The maximum atomic E-state index is 2.64. The summed E-state index contributed by atoms with van der Waals surface area (Å²) in [5.41, 5.74) is 36.5. The van der Waals surface area contributed by atoms with E-state index in [2.05, 4.69) is 262 Å². The second kappa shape index (κ2) is 31.0. The SMILES string of the molecule is CCCCCCCCC1(CCCCCCCC)c2ccccc2-c2ccc(-c3ccc4c(c3)C(C)(C)c3cc(-c5ccc(Cc6ccc(-c7ccc8c(c7)C(C)(C)c7cc(-c9ccc%10c(c9)C(CCCCCCCC)(CCCCCCCC)c9ccccc9-%10)ccc7-8)cc6)cc5)ccc3-4)cc21. The molecule has 0 spiro atoms. The number of rotatable bonds is 34. The largest absolute Gasteiger partial charge is 0.0654 e. The second-order valence-corrected chi connectivity index (χ2v) is 32.7. The molecule has 0 aliphatic heterocycles. The highest BCUT2D eigenvalue weighted by Crippen LogP contribution is 2.59. The van der Waals surface area contributed by atoms with Gasteiger partial charge in [-0.2, -0.15) is 0 Å². The van der Waals surface area contributed by atoms with Crippen molar-refractivity contribution in [2.24, 2.45) is 0 Å². The molecule has 10 aromatic carbocycles. The minimum Gasteiger partial charge on any atom is -0.0654 e. The molecule has 14 rings (SSSR count). The highest BCUT2D eigenvalue weighted by molar-refractivity contribution is 5.90. The van der Waals surface area contributed by atoms with Crippen molar-refractivity contribution < 1.29 is 0 Å². The zero-order chi connectivity index (χ0) is 69.6. The zero-order valence-corrected chi connectivity index (χ0v) is 63.1. The van der Waals surface area contributed by atoms with Crippen LogP contribution in [-0.2, 0) is 28.1 Å². The van der Waals surface area contributed by atoms with Crippen LogP contribution in [0.2, 0.25) is 0 Å². The summed E-state index contributed by atoms with van der Waals surface area (Å²) in [4.78, 5) is 0. The highest BCUT2D eigenvalue weighted by Gasteiger charge is 2.45. The first-order chi connectivity index (χ1) is 49.4. The molecule has 0 amide bonds. The van der Waals surface area contributed by atoms with Crippen LogP contribution in [0.5, 0.6) is 0 Å². The van der Waals surface area contributed by atoms with Crippen molar-refractivity contribution in [3.8, 4) is 89.0 Å². The number of hydrogen-bond acceptors (Lipinski definition) is 0. The lowest BCUT2D eigenvalue weighted by atomic mass is 9.70. The maximum absolute atomic E-state index is 2.64. The fourth-order valence-electron chi connectivity index (χ4n) is 19.5. The molecule has 0 N–H and O–H groups in total. The molecule has 0 radical (unpaired) electrons. The van der Waals surface area contributed by atoms with E-state index in [1.807, 2.05) is 0 Å². The second-order valence-electron chi connectivity index (χ2n) is 32.7. The lowest BCUT2D eigenvalue weighted by Crippen LogP contribution is -2.25. The molecule has 0 heterocycles. The van der Waals surface area contributed by atoms with Crippen molar-refractivity contribution in [2.75, 3.05) is 0 Å². The Morgan fingerprint density at radius 3 is 0.703 bits per heavy atom. The van der Waals surface area contributed by atoms with Gasteiger partial charge in [-0.05, 0) is 213 Å². The minimum absolute atomic E-state index is 0.0720. The fraction of sp³-hybridized carbons (Fsp3) is 0.406. The Bertz CT molecular complexity index is 4180. The quantitative estimate of drug-likeness (QED) is 0.0353. The third-order valence-electron chi connectivity index (χ3n) is 25.4. The average Bonchev–Trinajstić information content (AvgIpc) is 1.59. The first-order valence-corrected chi connectivity index (χ1v) is 40.7. The topological polar surface area (TPSA) is 0 Å². The number of benzene rings is 10. The summed E-state index contributed by atoms with van der Waals surface area (Å²) in [5, 5.41) is 0. The summed E-state index contributed by atoms with van der Waals surface area (Å²) in [6.45, 7) is 19.1. The molecule has 0 nitrogen and oxygen atoms in total. The van der Waals surface area contributed by atoms with Gasteiger partial charge in [0, 0.05) is 21.7 Å². The zero-order valence-electron chi connectivity index (χ0n) is 63.1. The van der Waals surface area contributed by atoms with Crippen LogP contribution in [0.25, 0.3) is 89.0 Å². The monoisotopic (exact) mass is 1330 g/mol. The van der Waals surface area contributed by atoms with Crippen molar-refractivity contribution >= 4 is 0 Å². The molecular weight excluding hydrogens is 1210 g/mol. The van der Waals surface area contributed by atoms with Crippen molar-refractivity contribution in [1.29, 1.82) is 0 Å². The highest BCUT2D eigenvalue weighted by atomic mass is 14.5. The first-order valence-electron chi connectivity index (χ1n) is 40.7. The van der Waals surface area contributed by atoms with Crippen LogP contribution >= 0.6 is 0 Å². The molecule has 0 aromatic heterocycles. The Kier molecular flexibility index (Phi) is 21.6. The number of unbranched alkanes of at least 4 members (excludes halogenated alkanes) is 20. The molecule has 4 aliphatic carbocycles. The van der Waals surface area contributed by atoms with Gasteiger partial charge < -0.3 is 0 Å². The van der Waals surface area contributed by atoms with Crippen LogP contribution < -0.4 is 0 Å². The van der Waals surface area contributed by atoms with Gasteiger partial charge in [-0.15, -0.1) is 0 Å². The minimum atomic E-state index is -0.133. The summed E-state index contributed by atoms with van der Waals surface area (Å²) in [5.74, 6) is 0. The van der Waals surface area contributed by atoms with E-state index in [0.717, 1.165) is 6.42 Å². The van der Waals surface area contributed by atoms with Gasteiger partial charge in [0.1, 0.15) is 0 Å². The van der Waals surface area contributed by atoms with E-state index in [0.29, 0.717) is 0 Å². The van der Waals surface area contributed by atoms with Gasteiger partial charge in [0.15, 0.2) is 0 Å². The predicted octanol–water partition coefficient (Wildman–Crippen LogP) is 30.1. The third kappa shape index (κ3) is 13.9. The molecule has 0 saturated heterocycles. The molecule has 10 aromatic rings. The Morgan fingerprint density at radius 2 is 0.416 bits per heavy atom. The lowest BCUT2D eigenvalue weighted by Gasteiger charge is -2.33. The van der Waals surface area contributed by atoms with Crippen molar-refractivity contribution in [3.63, 3.8) is 0 Å². The molecule has 0 heteroatoms. The van der Waals surface area contributed by atoms with Crippen LogP contribution in [0.15, 0.2) is 206 Å². The van der Waals surface area contributed by atoms with E-state index in [1.165, 1.54) is 302 Å². The summed E-state index contributed by atoms with van der Waals surface area (Å²) >= 11 is 0. The molecular formula is C101H116. The predicted molar refractivity (Wildman–Crippen MR) is 437 cm³/mol. The van der Waals surface area contributed by atoms with Crippen molar-refractivity contribution in [1.82, 2.24) is 0 Å². The van der Waals surface area contributed by atoms with Crippen LogP contribution in [0.3, 0.4) is 0 Å². The molecule has 0 unspecified atom stereocenters. The Balaban J connectivity index is 0.652. The molecule has 4 aliphatic rings. The number of hydrogen-bond donors (Lipinski definition) is 0. The number of fused-ring (bicyclic) bond motifs is 12. The molecule has 0 fully saturated rings. The van der Waals surface area contributed by atoms with Gasteiger partial charge in [0.25, 0.3) is 0 Å². The van der Waals surface area contributed by atoms with Gasteiger partial charge in [-0.1, -0.05) is 379 Å². The molecule has 0 saturated carbocycles. The van der Waals surface area contributed by atoms with Gasteiger partial charge in [-0.3, -0.25) is 0 Å². The smallest absolute Gasteiger partial charge is 0.0215 e.